The Kier molecular flexibility index (Phi) is 7.97. The van der Waals surface area contributed by atoms with E-state index in [1.165, 1.54) is 58.2 Å². The number of benzene rings is 4. The van der Waals surface area contributed by atoms with Gasteiger partial charge >= 0.3 is 288 Å². The standard InChI is InChI=1S/C32H33.C13H10.Zr/c1-30(2,3)25-16-17-26-23(20-25)21-28-27(26)18-19-32(31(4,5)6,24-14-8-7-9-15-24)29(28)22-12-10-11-13-22;1-3-7-12(8-4-1)11-13-9-5-2-6-10-13;/h7-12,14-20H,13H2,1-6H3;1-10H;. The average Bonchev–Trinajstić information content (AvgIpc) is 3.70. The molecule has 0 saturated heterocycles. The van der Waals surface area contributed by atoms with Gasteiger partial charge in [0.1, 0.15) is 0 Å². The summed E-state index contributed by atoms with van der Waals surface area (Å²) in [4.78, 5) is 0. The van der Waals surface area contributed by atoms with Gasteiger partial charge in [0.15, 0.2) is 0 Å². The van der Waals surface area contributed by atoms with E-state index in [4.69, 9.17) is 0 Å². The fourth-order valence-corrected chi connectivity index (χ4v) is 11.5. The van der Waals surface area contributed by atoms with E-state index >= 15 is 0 Å². The summed E-state index contributed by atoms with van der Waals surface area (Å²) in [6.45, 7) is 14.3. The molecule has 1 atom stereocenters. The topological polar surface area (TPSA) is 0 Å². The van der Waals surface area contributed by atoms with Gasteiger partial charge in [-0.3, -0.25) is 0 Å². The third-order valence-electron chi connectivity index (χ3n) is 9.99. The molecule has 0 aromatic heterocycles. The Hall–Kier alpha value is -3.67. The quantitative estimate of drug-likeness (QED) is 0.198. The van der Waals surface area contributed by atoms with Crippen LogP contribution in [-0.2, 0) is 33.6 Å². The molecule has 0 aliphatic heterocycles. The van der Waals surface area contributed by atoms with Crippen molar-refractivity contribution in [1.29, 1.82) is 0 Å². The summed E-state index contributed by atoms with van der Waals surface area (Å²) in [5.74, 6) is 0. The maximum atomic E-state index is 2.56. The SMILES string of the molecule is CC(C)(C)c1ccc2c(c1)=[C]([Zr]=[C](c1ccccc1)c1ccccc1)C1=C(C3=CC=CC3)C(c3ccccc3)(C(C)(C)C)C=CC=21. The molecule has 0 radical (unpaired) electrons. The molecule has 1 unspecified atom stereocenters. The van der Waals surface area contributed by atoms with Crippen molar-refractivity contribution in [2.45, 2.75) is 58.8 Å². The van der Waals surface area contributed by atoms with Gasteiger partial charge in [-0.2, -0.15) is 0 Å². The maximum absolute atomic E-state index is 2.56. The Balaban J connectivity index is 1.67. The molecular formula is C45H43Zr. The minimum atomic E-state index is -1.40. The fraction of sp³-hybridized carbons (Fsp3) is 0.222. The van der Waals surface area contributed by atoms with E-state index in [0.717, 1.165) is 6.42 Å². The molecule has 4 aromatic carbocycles. The molecule has 3 aliphatic rings. The molecule has 1 heteroatoms. The van der Waals surface area contributed by atoms with Crippen molar-refractivity contribution in [2.75, 3.05) is 0 Å². The first-order chi connectivity index (χ1) is 22.1. The molecule has 0 N–H and O–H groups in total. The zero-order valence-electron chi connectivity index (χ0n) is 28.0. The summed E-state index contributed by atoms with van der Waals surface area (Å²) in [5, 5.41) is 2.86. The fourth-order valence-electron chi connectivity index (χ4n) is 7.60. The predicted octanol–water partition coefficient (Wildman–Crippen LogP) is 9.34. The number of rotatable bonds is 5. The van der Waals surface area contributed by atoms with Gasteiger partial charge in [-0.15, -0.1) is 0 Å². The van der Waals surface area contributed by atoms with Gasteiger partial charge in [-0.25, -0.2) is 0 Å². The zero-order chi connectivity index (χ0) is 32.1. The van der Waals surface area contributed by atoms with Gasteiger partial charge in [0.05, 0.1) is 0 Å². The Morgan fingerprint density at radius 2 is 1.30 bits per heavy atom. The zero-order valence-corrected chi connectivity index (χ0v) is 30.4. The van der Waals surface area contributed by atoms with Crippen LogP contribution in [0.4, 0.5) is 0 Å². The second kappa shape index (κ2) is 11.8. The van der Waals surface area contributed by atoms with Gasteiger partial charge in [0.2, 0.25) is 0 Å². The Bertz CT molecular complexity index is 2050. The van der Waals surface area contributed by atoms with Crippen LogP contribution >= 0.6 is 0 Å². The van der Waals surface area contributed by atoms with Crippen molar-refractivity contribution in [3.63, 3.8) is 0 Å². The van der Waals surface area contributed by atoms with Crippen LogP contribution in [0.1, 0.15) is 70.2 Å². The first-order valence-electron chi connectivity index (χ1n) is 16.6. The van der Waals surface area contributed by atoms with Crippen LogP contribution in [0.15, 0.2) is 156 Å². The van der Waals surface area contributed by atoms with Crippen LogP contribution in [-0.4, -0.2) is 3.21 Å². The monoisotopic (exact) mass is 673 g/mol. The predicted molar refractivity (Wildman–Crippen MR) is 193 cm³/mol. The van der Waals surface area contributed by atoms with Gasteiger partial charge in [-0.05, 0) is 0 Å². The Morgan fingerprint density at radius 3 is 1.85 bits per heavy atom. The average molecular weight is 675 g/mol. The van der Waals surface area contributed by atoms with E-state index in [9.17, 15) is 0 Å². The van der Waals surface area contributed by atoms with E-state index in [-0.39, 0.29) is 16.2 Å². The summed E-state index contributed by atoms with van der Waals surface area (Å²) in [6, 6.07) is 41.0. The summed E-state index contributed by atoms with van der Waals surface area (Å²) in [6.07, 6.45) is 13.0. The summed E-state index contributed by atoms with van der Waals surface area (Å²) < 4.78 is 3.15. The van der Waals surface area contributed by atoms with Crippen molar-refractivity contribution in [2.24, 2.45) is 5.41 Å². The second-order valence-electron chi connectivity index (χ2n) is 14.9. The van der Waals surface area contributed by atoms with Crippen molar-refractivity contribution in [3.05, 3.63) is 189 Å². The molecule has 0 bridgehead atoms. The van der Waals surface area contributed by atoms with Gasteiger partial charge < -0.3 is 0 Å². The molecule has 0 heterocycles. The van der Waals surface area contributed by atoms with Crippen LogP contribution < -0.4 is 10.4 Å². The molecule has 4 aromatic rings. The molecule has 0 spiro atoms. The summed E-state index contributed by atoms with van der Waals surface area (Å²) in [7, 11) is 0. The number of fused-ring (bicyclic) bond motifs is 2. The molecule has 0 saturated carbocycles. The Labute approximate surface area is 286 Å². The minimum absolute atomic E-state index is 0.0605. The molecule has 227 valence electrons. The van der Waals surface area contributed by atoms with E-state index in [1.807, 2.05) is 0 Å². The van der Waals surface area contributed by atoms with Gasteiger partial charge in [0, 0.05) is 0 Å². The molecule has 46 heavy (non-hydrogen) atoms. The molecular weight excluding hydrogens is 632 g/mol. The van der Waals surface area contributed by atoms with Crippen molar-refractivity contribution < 1.29 is 22.8 Å². The normalized spacial score (nSPS) is 18.8. The van der Waals surface area contributed by atoms with E-state index in [2.05, 4.69) is 181 Å². The third-order valence-corrected chi connectivity index (χ3v) is 13.9. The molecule has 3 aliphatic carbocycles. The number of hydrogen-bond donors (Lipinski definition) is 0. The first kappa shape index (κ1) is 31.0. The molecule has 0 amide bonds. The van der Waals surface area contributed by atoms with E-state index in [0.29, 0.717) is 0 Å². The van der Waals surface area contributed by atoms with Crippen LogP contribution in [0.2, 0.25) is 0 Å². The van der Waals surface area contributed by atoms with Crippen molar-refractivity contribution in [3.8, 4) is 0 Å². The van der Waals surface area contributed by atoms with Gasteiger partial charge in [0.25, 0.3) is 0 Å². The molecule has 0 nitrogen and oxygen atoms in total. The molecule has 7 rings (SSSR count). The summed E-state index contributed by atoms with van der Waals surface area (Å²) in [5.41, 5.74) is 11.1. The van der Waals surface area contributed by atoms with Crippen LogP contribution in [0.5, 0.6) is 0 Å². The van der Waals surface area contributed by atoms with Crippen molar-refractivity contribution in [1.82, 2.24) is 0 Å². The van der Waals surface area contributed by atoms with E-state index in [1.54, 1.807) is 3.28 Å². The third kappa shape index (κ3) is 5.22. The molecule has 0 fully saturated rings. The van der Waals surface area contributed by atoms with Crippen LogP contribution in [0, 0.1) is 5.41 Å². The van der Waals surface area contributed by atoms with Crippen molar-refractivity contribution >= 4 is 12.1 Å². The summed E-state index contributed by atoms with van der Waals surface area (Å²) >= 11 is -1.40. The second-order valence-corrected chi connectivity index (χ2v) is 17.9. The first-order valence-corrected chi connectivity index (χ1v) is 19.1. The van der Waals surface area contributed by atoms with E-state index < -0.39 is 22.8 Å². The van der Waals surface area contributed by atoms with Crippen LogP contribution in [0.25, 0.3) is 8.85 Å². The Morgan fingerprint density at radius 1 is 0.696 bits per heavy atom. The van der Waals surface area contributed by atoms with Crippen LogP contribution in [0.3, 0.4) is 0 Å². The van der Waals surface area contributed by atoms with Gasteiger partial charge in [-0.1, -0.05) is 0 Å². The number of allylic oxidation sites excluding steroid dienone is 8. The number of hydrogen-bond acceptors (Lipinski definition) is 0.